The molecule has 0 radical (unpaired) electrons. The molecule has 2 saturated carbocycles. The van der Waals surface area contributed by atoms with Gasteiger partial charge in [0, 0.05) is 0 Å². The van der Waals surface area contributed by atoms with Crippen molar-refractivity contribution < 1.29 is 4.74 Å². The van der Waals surface area contributed by atoms with Gasteiger partial charge in [-0.2, -0.15) is 0 Å². The maximum absolute atomic E-state index is 5.72. The summed E-state index contributed by atoms with van der Waals surface area (Å²) in [4.78, 5) is 0. The minimum Gasteiger partial charge on any atom is -0.490 e. The first-order valence-corrected chi connectivity index (χ1v) is 11.1. The third kappa shape index (κ3) is 5.38. The molecule has 144 valence electrons. The molecule has 0 N–H and O–H groups in total. The van der Waals surface area contributed by atoms with Crippen molar-refractivity contribution >= 4 is 0 Å². The summed E-state index contributed by atoms with van der Waals surface area (Å²) in [5, 5.41) is 0. The van der Waals surface area contributed by atoms with E-state index >= 15 is 0 Å². The Morgan fingerprint density at radius 2 is 1.50 bits per heavy atom. The number of benzene rings is 1. The lowest BCUT2D eigenvalue weighted by molar-refractivity contribution is 0.156. The minimum absolute atomic E-state index is 0.668. The van der Waals surface area contributed by atoms with E-state index in [1.54, 1.807) is 0 Å². The van der Waals surface area contributed by atoms with Crippen LogP contribution in [-0.4, -0.2) is 6.61 Å². The number of ether oxygens (including phenoxy) is 1. The van der Waals surface area contributed by atoms with Gasteiger partial charge in [0.25, 0.3) is 0 Å². The number of hydrogen-bond acceptors (Lipinski definition) is 1. The molecule has 0 bridgehead atoms. The van der Waals surface area contributed by atoms with Crippen LogP contribution in [0, 0.1) is 17.8 Å². The van der Waals surface area contributed by atoms with Crippen molar-refractivity contribution in [1.82, 2.24) is 0 Å². The third-order valence-electron chi connectivity index (χ3n) is 6.96. The zero-order chi connectivity index (χ0) is 18.2. The predicted molar refractivity (Wildman–Crippen MR) is 112 cm³/mol. The van der Waals surface area contributed by atoms with E-state index in [1.807, 2.05) is 19.1 Å². The Morgan fingerprint density at radius 1 is 0.885 bits per heavy atom. The second-order valence-corrected chi connectivity index (χ2v) is 8.63. The fourth-order valence-corrected chi connectivity index (χ4v) is 5.36. The minimum atomic E-state index is 0.668. The van der Waals surface area contributed by atoms with Crippen molar-refractivity contribution in [1.29, 1.82) is 0 Å². The van der Waals surface area contributed by atoms with Crippen LogP contribution in [0.1, 0.15) is 89.5 Å². The Hall–Kier alpha value is -1.24. The van der Waals surface area contributed by atoms with E-state index in [1.165, 1.54) is 69.8 Å². The van der Waals surface area contributed by atoms with Crippen LogP contribution in [0.5, 0.6) is 5.75 Å². The van der Waals surface area contributed by atoms with Crippen molar-refractivity contribution in [2.75, 3.05) is 6.61 Å². The lowest BCUT2D eigenvalue weighted by Crippen LogP contribution is -2.25. The van der Waals surface area contributed by atoms with Crippen LogP contribution in [0.4, 0.5) is 0 Å². The average Bonchev–Trinajstić information content (AvgIpc) is 2.70. The normalized spacial score (nSPS) is 29.8. The van der Waals surface area contributed by atoms with E-state index in [-0.39, 0.29) is 0 Å². The van der Waals surface area contributed by atoms with Gasteiger partial charge in [-0.15, -0.1) is 0 Å². The summed E-state index contributed by atoms with van der Waals surface area (Å²) in [5.74, 6) is 4.85. The smallest absolute Gasteiger partial charge is 0.119 e. The van der Waals surface area contributed by atoms with E-state index in [0.717, 1.165) is 29.4 Å². The molecule has 1 aromatic carbocycles. The molecular formula is C25H38O. The SMILES string of the molecule is CC=CCOc1ccc(C2CCC(C3CCC(CCC)CC3)CC2)cc1. The molecule has 2 fully saturated rings. The van der Waals surface area contributed by atoms with E-state index in [0.29, 0.717) is 6.61 Å². The molecule has 3 rings (SSSR count). The van der Waals surface area contributed by atoms with Gasteiger partial charge in [0.1, 0.15) is 12.4 Å². The number of hydrogen-bond donors (Lipinski definition) is 0. The van der Waals surface area contributed by atoms with Crippen LogP contribution in [-0.2, 0) is 0 Å². The van der Waals surface area contributed by atoms with Crippen LogP contribution < -0.4 is 4.74 Å². The maximum Gasteiger partial charge on any atom is 0.119 e. The highest BCUT2D eigenvalue weighted by atomic mass is 16.5. The maximum atomic E-state index is 5.72. The molecule has 0 heterocycles. The second-order valence-electron chi connectivity index (χ2n) is 8.63. The highest BCUT2D eigenvalue weighted by molar-refractivity contribution is 5.29. The standard InChI is InChI=1S/C25H38O/c1-3-5-19-26-25-17-15-24(16-18-25)23-13-11-22(12-14-23)21-9-7-20(6-4-2)8-10-21/h3,5,15-18,20-23H,4,6-14,19H2,1-2H3. The van der Waals surface area contributed by atoms with Crippen molar-refractivity contribution in [3.05, 3.63) is 42.0 Å². The lowest BCUT2D eigenvalue weighted by atomic mass is 9.68. The summed E-state index contributed by atoms with van der Waals surface area (Å²) in [6.07, 6.45) is 18.6. The molecule has 0 aliphatic heterocycles. The molecule has 0 unspecified atom stereocenters. The van der Waals surface area contributed by atoms with E-state index in [4.69, 9.17) is 4.74 Å². The van der Waals surface area contributed by atoms with Gasteiger partial charge < -0.3 is 4.74 Å². The first kappa shape index (κ1) is 19.5. The van der Waals surface area contributed by atoms with Gasteiger partial charge in [0.15, 0.2) is 0 Å². The molecule has 0 atom stereocenters. The average molecular weight is 355 g/mol. The fourth-order valence-electron chi connectivity index (χ4n) is 5.36. The van der Waals surface area contributed by atoms with Crippen LogP contribution in [0.25, 0.3) is 0 Å². The monoisotopic (exact) mass is 354 g/mol. The van der Waals surface area contributed by atoms with Crippen LogP contribution in [0.3, 0.4) is 0 Å². The Labute approximate surface area is 161 Å². The van der Waals surface area contributed by atoms with Gasteiger partial charge in [-0.1, -0.05) is 56.9 Å². The molecule has 0 aromatic heterocycles. The summed E-state index contributed by atoms with van der Waals surface area (Å²) >= 11 is 0. The quantitative estimate of drug-likeness (QED) is 0.460. The third-order valence-corrected chi connectivity index (χ3v) is 6.96. The predicted octanol–water partition coefficient (Wildman–Crippen LogP) is 7.52. The van der Waals surface area contributed by atoms with E-state index in [2.05, 4.69) is 31.2 Å². The van der Waals surface area contributed by atoms with Crippen molar-refractivity contribution in [3.63, 3.8) is 0 Å². The summed E-state index contributed by atoms with van der Waals surface area (Å²) in [5.41, 5.74) is 1.52. The van der Waals surface area contributed by atoms with Gasteiger partial charge in [0.05, 0.1) is 0 Å². The van der Waals surface area contributed by atoms with Gasteiger partial charge >= 0.3 is 0 Å². The molecule has 0 amide bonds. The molecule has 1 aromatic rings. The van der Waals surface area contributed by atoms with Gasteiger partial charge in [-0.25, -0.2) is 0 Å². The highest BCUT2D eigenvalue weighted by Crippen LogP contribution is 2.44. The first-order chi connectivity index (χ1) is 12.8. The largest absolute Gasteiger partial charge is 0.490 e. The molecule has 1 nitrogen and oxygen atoms in total. The molecule has 1 heteroatoms. The summed E-state index contributed by atoms with van der Waals surface area (Å²) in [7, 11) is 0. The van der Waals surface area contributed by atoms with Gasteiger partial charge in [0.2, 0.25) is 0 Å². The van der Waals surface area contributed by atoms with Crippen molar-refractivity contribution in [2.45, 2.75) is 84.0 Å². The zero-order valence-electron chi connectivity index (χ0n) is 17.0. The molecular weight excluding hydrogens is 316 g/mol. The summed E-state index contributed by atoms with van der Waals surface area (Å²) in [6.45, 7) is 5.04. The lowest BCUT2D eigenvalue weighted by Gasteiger charge is -2.38. The Kier molecular flexibility index (Phi) is 7.65. The van der Waals surface area contributed by atoms with E-state index < -0.39 is 0 Å². The first-order valence-electron chi connectivity index (χ1n) is 11.1. The van der Waals surface area contributed by atoms with E-state index in [9.17, 15) is 0 Å². The molecule has 2 aliphatic carbocycles. The Bertz CT molecular complexity index is 528. The Balaban J connectivity index is 1.43. The molecule has 26 heavy (non-hydrogen) atoms. The van der Waals surface area contributed by atoms with Gasteiger partial charge in [-0.05, 0) is 86.8 Å². The molecule has 0 spiro atoms. The molecule has 0 saturated heterocycles. The summed E-state index contributed by atoms with van der Waals surface area (Å²) in [6, 6.07) is 8.90. The van der Waals surface area contributed by atoms with Crippen molar-refractivity contribution in [3.8, 4) is 5.75 Å². The van der Waals surface area contributed by atoms with Crippen LogP contribution >= 0.6 is 0 Å². The van der Waals surface area contributed by atoms with Crippen molar-refractivity contribution in [2.24, 2.45) is 17.8 Å². The topological polar surface area (TPSA) is 9.23 Å². The second kappa shape index (κ2) is 10.2. The highest BCUT2D eigenvalue weighted by Gasteiger charge is 2.31. The summed E-state index contributed by atoms with van der Waals surface area (Å²) < 4.78 is 5.72. The number of rotatable bonds is 7. The molecule has 2 aliphatic rings. The van der Waals surface area contributed by atoms with Crippen LogP contribution in [0.15, 0.2) is 36.4 Å². The van der Waals surface area contributed by atoms with Gasteiger partial charge in [-0.3, -0.25) is 0 Å². The van der Waals surface area contributed by atoms with Crippen LogP contribution in [0.2, 0.25) is 0 Å². The zero-order valence-corrected chi connectivity index (χ0v) is 17.0. The Morgan fingerprint density at radius 3 is 2.08 bits per heavy atom. The number of allylic oxidation sites excluding steroid dienone is 1. The fraction of sp³-hybridized carbons (Fsp3) is 0.680.